The van der Waals surface area contributed by atoms with Crippen LogP contribution in [0.3, 0.4) is 0 Å². The monoisotopic (exact) mass is 188 g/mol. The summed E-state index contributed by atoms with van der Waals surface area (Å²) in [6.07, 6.45) is 12.6. The van der Waals surface area contributed by atoms with Crippen molar-refractivity contribution in [2.75, 3.05) is 0 Å². The van der Waals surface area contributed by atoms with E-state index in [9.17, 15) is 0 Å². The first-order chi connectivity index (χ1) is 6.79. The van der Waals surface area contributed by atoms with Crippen molar-refractivity contribution in [1.82, 2.24) is 0 Å². The summed E-state index contributed by atoms with van der Waals surface area (Å²) in [6, 6.07) is 0. The highest BCUT2D eigenvalue weighted by molar-refractivity contribution is 5.43. The Morgan fingerprint density at radius 1 is 1.00 bits per heavy atom. The van der Waals surface area contributed by atoms with Crippen molar-refractivity contribution < 1.29 is 0 Å². The van der Waals surface area contributed by atoms with E-state index >= 15 is 0 Å². The molecule has 0 aromatic carbocycles. The van der Waals surface area contributed by atoms with Gasteiger partial charge in [-0.05, 0) is 50.2 Å². The topological polar surface area (TPSA) is 0 Å². The van der Waals surface area contributed by atoms with E-state index in [1.165, 1.54) is 38.5 Å². The molecule has 0 heteroatoms. The zero-order valence-corrected chi connectivity index (χ0v) is 9.40. The zero-order valence-electron chi connectivity index (χ0n) is 9.40. The normalized spacial score (nSPS) is 21.6. The molecule has 14 heavy (non-hydrogen) atoms. The van der Waals surface area contributed by atoms with Gasteiger partial charge in [-0.3, -0.25) is 0 Å². The Bertz CT molecular complexity index is 313. The average Bonchev–Trinajstić information content (AvgIpc) is 2.19. The van der Waals surface area contributed by atoms with E-state index in [-0.39, 0.29) is 0 Å². The van der Waals surface area contributed by atoms with E-state index < -0.39 is 0 Å². The zero-order chi connectivity index (χ0) is 9.97. The molecular formula is C14H20. The van der Waals surface area contributed by atoms with Crippen molar-refractivity contribution in [3.8, 4) is 0 Å². The van der Waals surface area contributed by atoms with Crippen LogP contribution in [-0.4, -0.2) is 0 Å². The van der Waals surface area contributed by atoms with Crippen molar-refractivity contribution in [3.63, 3.8) is 0 Å². The molecule has 0 saturated heterocycles. The molecule has 0 atom stereocenters. The minimum Gasteiger partial charge on any atom is -0.0727 e. The lowest BCUT2D eigenvalue weighted by Crippen LogP contribution is -2.03. The third-order valence-corrected chi connectivity index (χ3v) is 3.29. The molecule has 0 aliphatic heterocycles. The molecular weight excluding hydrogens is 168 g/mol. The van der Waals surface area contributed by atoms with Gasteiger partial charge >= 0.3 is 0 Å². The predicted octanol–water partition coefficient (Wildman–Crippen LogP) is 4.54. The molecule has 0 amide bonds. The fourth-order valence-corrected chi connectivity index (χ4v) is 2.48. The molecule has 0 N–H and O–H groups in total. The Kier molecular flexibility index (Phi) is 2.90. The first-order valence-electron chi connectivity index (χ1n) is 5.88. The van der Waals surface area contributed by atoms with Gasteiger partial charge in [-0.15, -0.1) is 0 Å². The lowest BCUT2D eigenvalue weighted by Gasteiger charge is -2.22. The number of rotatable bonds is 2. The van der Waals surface area contributed by atoms with E-state index in [1.54, 1.807) is 22.3 Å². The third kappa shape index (κ3) is 2.00. The predicted molar refractivity (Wildman–Crippen MR) is 62.2 cm³/mol. The lowest BCUT2D eigenvalue weighted by molar-refractivity contribution is 0.773. The van der Waals surface area contributed by atoms with Gasteiger partial charge in [-0.1, -0.05) is 36.6 Å². The fraction of sp³-hybridized carbons (Fsp3) is 0.571. The maximum atomic E-state index is 2.48. The van der Waals surface area contributed by atoms with Crippen LogP contribution in [0.2, 0.25) is 0 Å². The Hall–Kier alpha value is -0.780. The van der Waals surface area contributed by atoms with Crippen LogP contribution in [0.5, 0.6) is 0 Å². The molecule has 76 valence electrons. The fourth-order valence-electron chi connectivity index (χ4n) is 2.48. The Labute approximate surface area is 87.4 Å². The molecule has 0 spiro atoms. The van der Waals surface area contributed by atoms with Gasteiger partial charge in [0, 0.05) is 0 Å². The van der Waals surface area contributed by atoms with Gasteiger partial charge in [-0.25, -0.2) is 0 Å². The molecule has 0 heterocycles. The lowest BCUT2D eigenvalue weighted by atomic mass is 9.83. The van der Waals surface area contributed by atoms with Crippen LogP contribution in [0.25, 0.3) is 0 Å². The van der Waals surface area contributed by atoms with E-state index in [4.69, 9.17) is 0 Å². The Morgan fingerprint density at radius 3 is 2.50 bits per heavy atom. The van der Waals surface area contributed by atoms with Gasteiger partial charge in [0.1, 0.15) is 0 Å². The maximum absolute atomic E-state index is 2.48. The second kappa shape index (κ2) is 4.16. The van der Waals surface area contributed by atoms with Crippen molar-refractivity contribution in [1.29, 1.82) is 0 Å². The molecule has 0 nitrogen and oxygen atoms in total. The molecule has 0 radical (unpaired) electrons. The molecule has 0 unspecified atom stereocenters. The molecule has 2 rings (SSSR count). The molecule has 2 aliphatic rings. The summed E-state index contributed by atoms with van der Waals surface area (Å²) in [7, 11) is 0. The number of hydrogen-bond acceptors (Lipinski definition) is 0. The highest BCUT2D eigenvalue weighted by atomic mass is 14.2. The van der Waals surface area contributed by atoms with Crippen LogP contribution in [0.1, 0.15) is 52.4 Å². The summed E-state index contributed by atoms with van der Waals surface area (Å²) in [5.41, 5.74) is 6.49. The molecule has 0 fully saturated rings. The minimum absolute atomic E-state index is 1.27. The summed E-state index contributed by atoms with van der Waals surface area (Å²) < 4.78 is 0. The van der Waals surface area contributed by atoms with Crippen molar-refractivity contribution in [2.45, 2.75) is 52.4 Å². The second-order valence-electron chi connectivity index (χ2n) is 4.59. The van der Waals surface area contributed by atoms with Crippen LogP contribution < -0.4 is 0 Å². The average molecular weight is 188 g/mol. The summed E-state index contributed by atoms with van der Waals surface area (Å²) in [4.78, 5) is 0. The second-order valence-corrected chi connectivity index (χ2v) is 4.59. The largest absolute Gasteiger partial charge is 0.0727 e. The molecule has 2 aliphatic carbocycles. The SMILES string of the molecule is CCCC1=CC2=C(C=C(C)CC2)CC1. The third-order valence-electron chi connectivity index (χ3n) is 3.29. The van der Waals surface area contributed by atoms with Gasteiger partial charge in [0.05, 0.1) is 0 Å². The van der Waals surface area contributed by atoms with Crippen LogP contribution in [-0.2, 0) is 0 Å². The molecule has 0 aromatic rings. The van der Waals surface area contributed by atoms with Crippen LogP contribution in [0.15, 0.2) is 34.4 Å². The van der Waals surface area contributed by atoms with Gasteiger partial charge < -0.3 is 0 Å². The van der Waals surface area contributed by atoms with E-state index in [2.05, 4.69) is 26.0 Å². The molecule has 0 aromatic heterocycles. The first-order valence-corrected chi connectivity index (χ1v) is 5.88. The molecule has 0 bridgehead atoms. The summed E-state index contributed by atoms with van der Waals surface area (Å²) in [6.45, 7) is 4.53. The number of allylic oxidation sites excluding steroid dienone is 6. The van der Waals surface area contributed by atoms with Crippen molar-refractivity contribution in [3.05, 3.63) is 34.4 Å². The maximum Gasteiger partial charge on any atom is -0.0239 e. The highest BCUT2D eigenvalue weighted by Crippen LogP contribution is 2.34. The van der Waals surface area contributed by atoms with Crippen molar-refractivity contribution in [2.24, 2.45) is 0 Å². The number of hydrogen-bond donors (Lipinski definition) is 0. The van der Waals surface area contributed by atoms with Gasteiger partial charge in [0.2, 0.25) is 0 Å². The van der Waals surface area contributed by atoms with Gasteiger partial charge in [0.15, 0.2) is 0 Å². The van der Waals surface area contributed by atoms with Gasteiger partial charge in [0.25, 0.3) is 0 Å². The Balaban J connectivity index is 2.19. The van der Waals surface area contributed by atoms with Crippen LogP contribution >= 0.6 is 0 Å². The quantitative estimate of drug-likeness (QED) is 0.596. The van der Waals surface area contributed by atoms with E-state index in [0.29, 0.717) is 0 Å². The van der Waals surface area contributed by atoms with Crippen molar-refractivity contribution >= 4 is 0 Å². The first kappa shape index (κ1) is 9.76. The van der Waals surface area contributed by atoms with E-state index in [1.807, 2.05) is 0 Å². The molecule has 0 saturated carbocycles. The smallest absolute Gasteiger partial charge is 0.0239 e. The standard InChI is InChI=1S/C14H20/c1-3-4-12-6-8-13-9-11(2)5-7-14(13)10-12/h9-10H,3-8H2,1-2H3. The minimum atomic E-state index is 1.27. The van der Waals surface area contributed by atoms with E-state index in [0.717, 1.165) is 0 Å². The highest BCUT2D eigenvalue weighted by Gasteiger charge is 2.14. The summed E-state index contributed by atoms with van der Waals surface area (Å²) in [5.74, 6) is 0. The summed E-state index contributed by atoms with van der Waals surface area (Å²) in [5, 5.41) is 0. The van der Waals surface area contributed by atoms with Crippen LogP contribution in [0, 0.1) is 0 Å². The van der Waals surface area contributed by atoms with Crippen LogP contribution in [0.4, 0.5) is 0 Å². The van der Waals surface area contributed by atoms with Gasteiger partial charge in [-0.2, -0.15) is 0 Å². The summed E-state index contributed by atoms with van der Waals surface area (Å²) >= 11 is 0. The Morgan fingerprint density at radius 2 is 1.71 bits per heavy atom.